The van der Waals surface area contributed by atoms with Crippen LogP contribution < -0.4 is 19.5 Å². The summed E-state index contributed by atoms with van der Waals surface area (Å²) in [6.45, 7) is 3.85. The summed E-state index contributed by atoms with van der Waals surface area (Å²) < 4.78 is 16.1. The lowest BCUT2D eigenvalue weighted by Crippen LogP contribution is -2.25. The van der Waals surface area contributed by atoms with Gasteiger partial charge < -0.3 is 19.5 Å². The molecule has 0 bridgehead atoms. The van der Waals surface area contributed by atoms with E-state index in [2.05, 4.69) is 5.32 Å². The van der Waals surface area contributed by atoms with E-state index in [1.165, 1.54) is 0 Å². The van der Waals surface area contributed by atoms with Gasteiger partial charge in [-0.1, -0.05) is 0 Å². The monoisotopic (exact) mass is 327 g/mol. The highest BCUT2D eigenvalue weighted by atomic mass is 16.5. The van der Waals surface area contributed by atoms with Crippen LogP contribution in [0.3, 0.4) is 0 Å². The molecule has 0 saturated carbocycles. The molecule has 0 spiro atoms. The van der Waals surface area contributed by atoms with Crippen molar-refractivity contribution in [1.82, 2.24) is 0 Å². The average molecular weight is 327 g/mol. The summed E-state index contributed by atoms with van der Waals surface area (Å²) in [5.74, 6) is 0.827. The fraction of sp³-hybridized carbons (Fsp3) is 0.222. The molecular formula is C18H17NO5. The molecular weight excluding hydrogens is 310 g/mol. The van der Waals surface area contributed by atoms with E-state index in [1.807, 2.05) is 13.8 Å². The third-order valence-corrected chi connectivity index (χ3v) is 3.26. The Labute approximate surface area is 139 Å². The van der Waals surface area contributed by atoms with Crippen LogP contribution in [0.15, 0.2) is 42.5 Å². The first-order chi connectivity index (χ1) is 11.5. The number of ether oxygens (including phenoxy) is 3. The molecule has 0 atom stereocenters. The number of amides is 1. The van der Waals surface area contributed by atoms with Crippen molar-refractivity contribution >= 4 is 17.6 Å². The SMILES string of the molecule is CC(C)Oc1ccc(C(=O)Oc2ccc3c(c2)NC(=O)CO3)cc1. The fourth-order valence-corrected chi connectivity index (χ4v) is 2.23. The van der Waals surface area contributed by atoms with E-state index in [-0.39, 0.29) is 18.6 Å². The molecule has 6 nitrogen and oxygen atoms in total. The van der Waals surface area contributed by atoms with Gasteiger partial charge in [-0.3, -0.25) is 4.79 Å². The van der Waals surface area contributed by atoms with Crippen molar-refractivity contribution in [1.29, 1.82) is 0 Å². The van der Waals surface area contributed by atoms with E-state index in [9.17, 15) is 9.59 Å². The Hall–Kier alpha value is -3.02. The van der Waals surface area contributed by atoms with Crippen molar-refractivity contribution in [3.63, 3.8) is 0 Å². The summed E-state index contributed by atoms with van der Waals surface area (Å²) in [4.78, 5) is 23.5. The molecule has 1 heterocycles. The van der Waals surface area contributed by atoms with Crippen LogP contribution in [0.1, 0.15) is 24.2 Å². The molecule has 6 heteroatoms. The minimum Gasteiger partial charge on any atom is -0.491 e. The Morgan fingerprint density at radius 3 is 2.54 bits per heavy atom. The highest BCUT2D eigenvalue weighted by molar-refractivity contribution is 5.96. The molecule has 1 aliphatic rings. The lowest BCUT2D eigenvalue weighted by atomic mass is 10.2. The van der Waals surface area contributed by atoms with Crippen LogP contribution in [0.4, 0.5) is 5.69 Å². The number of carbonyl (C=O) groups excluding carboxylic acids is 2. The van der Waals surface area contributed by atoms with Gasteiger partial charge in [-0.05, 0) is 50.2 Å². The number of hydrogen-bond acceptors (Lipinski definition) is 5. The summed E-state index contributed by atoms with van der Waals surface area (Å²) in [7, 11) is 0. The van der Waals surface area contributed by atoms with Crippen LogP contribution in [0.2, 0.25) is 0 Å². The van der Waals surface area contributed by atoms with Crippen LogP contribution in [-0.2, 0) is 4.79 Å². The molecule has 24 heavy (non-hydrogen) atoms. The van der Waals surface area contributed by atoms with E-state index >= 15 is 0 Å². The lowest BCUT2D eigenvalue weighted by Gasteiger charge is -2.18. The predicted molar refractivity (Wildman–Crippen MR) is 87.7 cm³/mol. The number of anilines is 1. The molecule has 1 N–H and O–H groups in total. The maximum atomic E-state index is 12.2. The van der Waals surface area contributed by atoms with Crippen LogP contribution >= 0.6 is 0 Å². The van der Waals surface area contributed by atoms with Gasteiger partial charge in [-0.15, -0.1) is 0 Å². The molecule has 1 aliphatic heterocycles. The molecule has 124 valence electrons. The topological polar surface area (TPSA) is 73.9 Å². The molecule has 1 amide bonds. The van der Waals surface area contributed by atoms with Crippen LogP contribution in [0.5, 0.6) is 17.2 Å². The Morgan fingerprint density at radius 2 is 1.83 bits per heavy atom. The van der Waals surface area contributed by atoms with Crippen molar-refractivity contribution in [2.45, 2.75) is 20.0 Å². The van der Waals surface area contributed by atoms with E-state index in [4.69, 9.17) is 14.2 Å². The second-order valence-corrected chi connectivity index (χ2v) is 5.58. The molecule has 2 aromatic rings. The summed E-state index contributed by atoms with van der Waals surface area (Å²) >= 11 is 0. The zero-order valence-corrected chi connectivity index (χ0v) is 13.4. The summed E-state index contributed by atoms with van der Waals surface area (Å²) in [6, 6.07) is 11.5. The number of rotatable bonds is 4. The Kier molecular flexibility index (Phi) is 4.37. The number of nitrogens with one attached hydrogen (secondary N) is 1. The molecule has 0 unspecified atom stereocenters. The minimum atomic E-state index is -0.492. The molecule has 0 aromatic heterocycles. The van der Waals surface area contributed by atoms with E-state index < -0.39 is 5.97 Å². The van der Waals surface area contributed by atoms with E-state index in [0.717, 1.165) is 0 Å². The van der Waals surface area contributed by atoms with Crippen LogP contribution in [0.25, 0.3) is 0 Å². The standard InChI is InChI=1S/C18H17NO5/c1-11(2)23-13-5-3-12(4-6-13)18(21)24-14-7-8-16-15(9-14)19-17(20)10-22-16/h3-9,11H,10H2,1-2H3,(H,19,20). The van der Waals surface area contributed by atoms with Crippen molar-refractivity contribution in [2.24, 2.45) is 0 Å². The molecule has 0 saturated heterocycles. The fourth-order valence-electron chi connectivity index (χ4n) is 2.23. The van der Waals surface area contributed by atoms with Crippen molar-refractivity contribution in [2.75, 3.05) is 11.9 Å². The summed E-state index contributed by atoms with van der Waals surface area (Å²) in [6.07, 6.45) is 0.0655. The average Bonchev–Trinajstić information content (AvgIpc) is 2.54. The lowest BCUT2D eigenvalue weighted by molar-refractivity contribution is -0.118. The highest BCUT2D eigenvalue weighted by Gasteiger charge is 2.17. The van der Waals surface area contributed by atoms with Gasteiger partial charge in [-0.2, -0.15) is 0 Å². The number of carbonyl (C=O) groups is 2. The molecule has 0 radical (unpaired) electrons. The Morgan fingerprint density at radius 1 is 1.12 bits per heavy atom. The maximum absolute atomic E-state index is 12.2. The first-order valence-corrected chi connectivity index (χ1v) is 7.57. The highest BCUT2D eigenvalue weighted by Crippen LogP contribution is 2.31. The van der Waals surface area contributed by atoms with Gasteiger partial charge in [0, 0.05) is 6.07 Å². The van der Waals surface area contributed by atoms with Crippen LogP contribution in [-0.4, -0.2) is 24.6 Å². The first kappa shape index (κ1) is 15.9. The first-order valence-electron chi connectivity index (χ1n) is 7.57. The quantitative estimate of drug-likeness (QED) is 0.690. The smallest absolute Gasteiger partial charge is 0.343 e. The number of benzene rings is 2. The second-order valence-electron chi connectivity index (χ2n) is 5.58. The number of fused-ring (bicyclic) bond motifs is 1. The van der Waals surface area contributed by atoms with Gasteiger partial charge in [0.2, 0.25) is 0 Å². The van der Waals surface area contributed by atoms with Gasteiger partial charge in [0.05, 0.1) is 17.4 Å². The van der Waals surface area contributed by atoms with Crippen molar-refractivity contribution in [3.8, 4) is 17.2 Å². The zero-order chi connectivity index (χ0) is 17.1. The number of hydrogen-bond donors (Lipinski definition) is 1. The van der Waals surface area contributed by atoms with Crippen molar-refractivity contribution in [3.05, 3.63) is 48.0 Å². The summed E-state index contributed by atoms with van der Waals surface area (Å²) in [5.41, 5.74) is 0.890. The normalized spacial score (nSPS) is 12.9. The van der Waals surface area contributed by atoms with E-state index in [1.54, 1.807) is 42.5 Å². The van der Waals surface area contributed by atoms with E-state index in [0.29, 0.717) is 28.5 Å². The van der Waals surface area contributed by atoms with Gasteiger partial charge in [0.15, 0.2) is 6.61 Å². The van der Waals surface area contributed by atoms with Crippen molar-refractivity contribution < 1.29 is 23.8 Å². The summed E-state index contributed by atoms with van der Waals surface area (Å²) in [5, 5.41) is 2.67. The number of esters is 1. The van der Waals surface area contributed by atoms with Gasteiger partial charge in [0.25, 0.3) is 5.91 Å². The third-order valence-electron chi connectivity index (χ3n) is 3.26. The Balaban J connectivity index is 1.70. The molecule has 0 fully saturated rings. The van der Waals surface area contributed by atoms with Crippen LogP contribution in [0, 0.1) is 0 Å². The van der Waals surface area contributed by atoms with Gasteiger partial charge >= 0.3 is 5.97 Å². The molecule has 0 aliphatic carbocycles. The molecule has 3 rings (SSSR count). The minimum absolute atomic E-state index is 0.0169. The van der Waals surface area contributed by atoms with Gasteiger partial charge in [-0.25, -0.2) is 4.79 Å². The molecule has 2 aromatic carbocycles. The predicted octanol–water partition coefficient (Wildman–Crippen LogP) is 3.02. The van der Waals surface area contributed by atoms with Gasteiger partial charge in [0.1, 0.15) is 17.2 Å². The zero-order valence-electron chi connectivity index (χ0n) is 13.4. The maximum Gasteiger partial charge on any atom is 0.343 e. The Bertz CT molecular complexity index is 767. The third kappa shape index (κ3) is 3.65. The largest absolute Gasteiger partial charge is 0.491 e. The second kappa shape index (κ2) is 6.62.